The summed E-state index contributed by atoms with van der Waals surface area (Å²) < 4.78 is 7.28. The molecule has 19 heavy (non-hydrogen) atoms. The summed E-state index contributed by atoms with van der Waals surface area (Å²) in [6.45, 7) is 2.63. The van der Waals surface area contributed by atoms with E-state index < -0.39 is 0 Å². The van der Waals surface area contributed by atoms with Crippen molar-refractivity contribution in [3.63, 3.8) is 0 Å². The Balaban J connectivity index is 1.88. The van der Waals surface area contributed by atoms with Gasteiger partial charge in [0.05, 0.1) is 17.6 Å². The normalized spacial score (nSPS) is 11.1. The van der Waals surface area contributed by atoms with E-state index >= 15 is 0 Å². The molecule has 0 unspecified atom stereocenters. The van der Waals surface area contributed by atoms with Crippen molar-refractivity contribution in [1.82, 2.24) is 15.0 Å². The van der Waals surface area contributed by atoms with Crippen LogP contribution in [0.1, 0.15) is 6.92 Å². The summed E-state index contributed by atoms with van der Waals surface area (Å²) in [4.78, 5) is 12.1. The number of benzene rings is 1. The van der Waals surface area contributed by atoms with Crippen molar-refractivity contribution in [1.29, 1.82) is 0 Å². The molecule has 3 aromatic rings. The molecule has 0 aliphatic rings. The molecule has 0 amide bonds. The van der Waals surface area contributed by atoms with E-state index in [0.29, 0.717) is 6.61 Å². The quantitative estimate of drug-likeness (QED) is 0.756. The van der Waals surface area contributed by atoms with Gasteiger partial charge in [-0.1, -0.05) is 0 Å². The molecule has 0 fully saturated rings. The highest BCUT2D eigenvalue weighted by atomic mass is 79.9. The number of halogens is 1. The van der Waals surface area contributed by atoms with Crippen molar-refractivity contribution >= 4 is 50.1 Å². The monoisotopic (exact) mass is 355 g/mol. The molecule has 0 saturated heterocycles. The molecule has 2 aromatic heterocycles. The number of hydrogen-bond donors (Lipinski definition) is 1. The molecule has 0 radical (unpaired) electrons. The largest absolute Gasteiger partial charge is 0.494 e. The maximum atomic E-state index is 5.47. The van der Waals surface area contributed by atoms with Gasteiger partial charge in [-0.3, -0.25) is 0 Å². The maximum absolute atomic E-state index is 5.47. The smallest absolute Gasteiger partial charge is 0.173 e. The fraction of sp³-hybridized carbons (Fsp3) is 0.167. The van der Waals surface area contributed by atoms with Crippen molar-refractivity contribution in [3.05, 3.63) is 28.2 Å². The van der Waals surface area contributed by atoms with Gasteiger partial charge in [0.15, 0.2) is 9.50 Å². The summed E-state index contributed by atoms with van der Waals surface area (Å²) in [6, 6.07) is 5.85. The van der Waals surface area contributed by atoms with Crippen molar-refractivity contribution in [2.45, 2.75) is 16.4 Å². The van der Waals surface area contributed by atoms with Gasteiger partial charge in [0, 0.05) is 11.4 Å². The van der Waals surface area contributed by atoms with E-state index in [0.717, 1.165) is 30.9 Å². The summed E-state index contributed by atoms with van der Waals surface area (Å²) >= 11 is 6.45. The van der Waals surface area contributed by atoms with Crippen LogP contribution in [0.15, 0.2) is 37.7 Å². The van der Waals surface area contributed by atoms with Crippen molar-refractivity contribution < 1.29 is 4.74 Å². The first-order valence-corrected chi connectivity index (χ1v) is 8.15. The highest BCUT2D eigenvalue weighted by Crippen LogP contribution is 2.31. The molecule has 0 aliphatic heterocycles. The number of nitrogens with one attached hydrogen (secondary N) is 1. The number of aromatic nitrogens is 3. The molecule has 1 aromatic carbocycles. The van der Waals surface area contributed by atoms with Gasteiger partial charge in [0.1, 0.15) is 10.4 Å². The Labute approximate surface area is 126 Å². The fourth-order valence-corrected chi connectivity index (χ4v) is 3.92. The summed E-state index contributed by atoms with van der Waals surface area (Å²) in [6.07, 6.45) is 0. The van der Waals surface area contributed by atoms with Gasteiger partial charge in [-0.25, -0.2) is 9.97 Å². The summed E-state index contributed by atoms with van der Waals surface area (Å²) in [7, 11) is 0. The van der Waals surface area contributed by atoms with Crippen LogP contribution >= 0.6 is 39.0 Å². The number of aromatic amines is 1. The third-order valence-corrected chi connectivity index (χ3v) is 4.92. The molecule has 4 nitrogen and oxygen atoms in total. The lowest BCUT2D eigenvalue weighted by molar-refractivity contribution is 0.340. The first kappa shape index (κ1) is 13.0. The zero-order valence-corrected chi connectivity index (χ0v) is 13.2. The minimum absolute atomic E-state index is 0.661. The summed E-state index contributed by atoms with van der Waals surface area (Å²) in [5.41, 5.74) is 1.91. The minimum atomic E-state index is 0.661. The Morgan fingerprint density at radius 1 is 1.42 bits per heavy atom. The van der Waals surface area contributed by atoms with Gasteiger partial charge in [0.25, 0.3) is 0 Å². The van der Waals surface area contributed by atoms with Crippen LogP contribution in [0.25, 0.3) is 11.0 Å². The molecule has 0 aliphatic carbocycles. The Bertz CT molecular complexity index is 710. The second-order valence-corrected chi connectivity index (χ2v) is 6.60. The van der Waals surface area contributed by atoms with Crippen molar-refractivity contribution in [2.75, 3.05) is 6.61 Å². The first-order chi connectivity index (χ1) is 9.24. The predicted molar refractivity (Wildman–Crippen MR) is 81.2 cm³/mol. The molecule has 98 valence electrons. The third kappa shape index (κ3) is 2.93. The second-order valence-electron chi connectivity index (χ2n) is 3.69. The summed E-state index contributed by atoms with van der Waals surface area (Å²) in [5, 5.41) is 2.79. The van der Waals surface area contributed by atoms with Crippen molar-refractivity contribution in [2.24, 2.45) is 0 Å². The van der Waals surface area contributed by atoms with Crippen LogP contribution in [0.3, 0.4) is 0 Å². The second kappa shape index (κ2) is 5.52. The molecule has 7 heteroatoms. The SMILES string of the molecule is CCOc1ccc2nc(Sc3nc(Br)cs3)[nH]c2c1. The highest BCUT2D eigenvalue weighted by molar-refractivity contribution is 9.10. The number of fused-ring (bicyclic) bond motifs is 1. The van der Waals surface area contributed by atoms with Gasteiger partial charge in [-0.15, -0.1) is 11.3 Å². The number of H-pyrrole nitrogens is 1. The predicted octanol–water partition coefficient (Wildman–Crippen LogP) is 4.33. The highest BCUT2D eigenvalue weighted by Gasteiger charge is 2.08. The van der Waals surface area contributed by atoms with E-state index in [2.05, 4.69) is 30.9 Å². The Morgan fingerprint density at radius 3 is 3.05 bits per heavy atom. The van der Waals surface area contributed by atoms with Gasteiger partial charge >= 0.3 is 0 Å². The van der Waals surface area contributed by atoms with Crippen LogP contribution in [-0.4, -0.2) is 21.6 Å². The molecule has 0 bridgehead atoms. The summed E-state index contributed by atoms with van der Waals surface area (Å²) in [5.74, 6) is 0.854. The average molecular weight is 356 g/mol. The van der Waals surface area contributed by atoms with Gasteiger partial charge in [-0.05, 0) is 46.7 Å². The van der Waals surface area contributed by atoms with E-state index in [1.165, 1.54) is 11.8 Å². The van der Waals surface area contributed by atoms with E-state index in [1.807, 2.05) is 30.5 Å². The van der Waals surface area contributed by atoms with E-state index in [4.69, 9.17) is 4.74 Å². The molecule has 0 atom stereocenters. The van der Waals surface area contributed by atoms with Crippen LogP contribution in [-0.2, 0) is 0 Å². The van der Waals surface area contributed by atoms with Crippen LogP contribution in [0.4, 0.5) is 0 Å². The van der Waals surface area contributed by atoms with E-state index in [9.17, 15) is 0 Å². The Kier molecular flexibility index (Phi) is 3.76. The lowest BCUT2D eigenvalue weighted by Gasteiger charge is -2.00. The molecule has 3 rings (SSSR count). The Morgan fingerprint density at radius 2 is 2.32 bits per heavy atom. The number of thiazole rings is 1. The number of hydrogen-bond acceptors (Lipinski definition) is 5. The van der Waals surface area contributed by atoms with E-state index in [1.54, 1.807) is 11.3 Å². The van der Waals surface area contributed by atoms with Gasteiger partial charge in [-0.2, -0.15) is 0 Å². The minimum Gasteiger partial charge on any atom is -0.494 e. The van der Waals surface area contributed by atoms with Crippen LogP contribution in [0.5, 0.6) is 5.75 Å². The van der Waals surface area contributed by atoms with Gasteiger partial charge < -0.3 is 9.72 Å². The number of rotatable bonds is 4. The first-order valence-electron chi connectivity index (χ1n) is 5.66. The molecular weight excluding hydrogens is 346 g/mol. The lowest BCUT2D eigenvalue weighted by Crippen LogP contribution is -1.90. The molecule has 0 saturated carbocycles. The molecule has 1 N–H and O–H groups in total. The topological polar surface area (TPSA) is 50.8 Å². The Hall–Kier alpha value is -1.05. The lowest BCUT2D eigenvalue weighted by atomic mass is 10.3. The number of nitrogens with zero attached hydrogens (tertiary/aromatic N) is 2. The average Bonchev–Trinajstić information content (AvgIpc) is 2.95. The van der Waals surface area contributed by atoms with Crippen LogP contribution < -0.4 is 4.74 Å². The van der Waals surface area contributed by atoms with Crippen LogP contribution in [0, 0.1) is 0 Å². The molecule has 2 heterocycles. The molecule has 0 spiro atoms. The van der Waals surface area contributed by atoms with Crippen LogP contribution in [0.2, 0.25) is 0 Å². The van der Waals surface area contributed by atoms with Crippen molar-refractivity contribution in [3.8, 4) is 5.75 Å². The number of imidazole rings is 1. The van der Waals surface area contributed by atoms with Gasteiger partial charge in [0.2, 0.25) is 0 Å². The number of ether oxygens (including phenoxy) is 1. The van der Waals surface area contributed by atoms with E-state index in [-0.39, 0.29) is 0 Å². The molecular formula is C12H10BrN3OS2. The third-order valence-electron chi connectivity index (χ3n) is 2.38. The maximum Gasteiger partial charge on any atom is 0.173 e. The standard InChI is InChI=1S/C12H10BrN3OS2/c1-2-17-7-3-4-8-9(5-7)15-11(14-8)19-12-16-10(13)6-18-12/h3-6H,2H2,1H3,(H,14,15). The fourth-order valence-electron chi connectivity index (χ4n) is 1.64. The zero-order chi connectivity index (χ0) is 13.2. The zero-order valence-electron chi connectivity index (χ0n) is 10.0.